The lowest BCUT2D eigenvalue weighted by atomic mass is 10.2. The van der Waals surface area contributed by atoms with Crippen LogP contribution in [-0.2, 0) is 16.4 Å². The van der Waals surface area contributed by atoms with Crippen LogP contribution >= 0.6 is 46.4 Å². The Balaban J connectivity index is 2.14. The van der Waals surface area contributed by atoms with Crippen LogP contribution in [0.1, 0.15) is 5.56 Å². The van der Waals surface area contributed by atoms with Crippen molar-refractivity contribution in [1.29, 1.82) is 0 Å². The predicted octanol–water partition coefficient (Wildman–Crippen LogP) is 2.95. The second-order valence-corrected chi connectivity index (χ2v) is 9.99. The molecule has 22 heavy (non-hydrogen) atoms. The normalized spacial score (nSPS) is 25.2. The fourth-order valence-corrected chi connectivity index (χ4v) is 4.98. The summed E-state index contributed by atoms with van der Waals surface area (Å²) in [5.74, 6) is -0.112. The molecule has 1 heterocycles. The van der Waals surface area contributed by atoms with Crippen molar-refractivity contribution >= 4 is 62.1 Å². The number of hydrogen-bond acceptors (Lipinski definition) is 3. The van der Waals surface area contributed by atoms with Gasteiger partial charge in [0.05, 0.1) is 29.5 Å². The van der Waals surface area contributed by atoms with Gasteiger partial charge in [-0.05, 0) is 5.56 Å². The molecule has 0 saturated carbocycles. The Bertz CT molecular complexity index is 644. The van der Waals surface area contributed by atoms with Crippen LogP contribution in [0.5, 0.6) is 0 Å². The summed E-state index contributed by atoms with van der Waals surface area (Å²) >= 11 is 23.8. The molecule has 0 unspecified atom stereocenters. The van der Waals surface area contributed by atoms with Crippen molar-refractivity contribution in [2.75, 3.05) is 11.5 Å². The van der Waals surface area contributed by atoms with Crippen molar-refractivity contribution in [2.45, 2.75) is 21.8 Å². The first-order chi connectivity index (χ1) is 10.2. The fourth-order valence-electron chi connectivity index (χ4n) is 2.08. The minimum Gasteiger partial charge on any atom is -0.365 e. The van der Waals surface area contributed by atoms with Crippen molar-refractivity contribution in [1.82, 2.24) is 5.32 Å². The Kier molecular flexibility index (Phi) is 5.89. The Morgan fingerprint density at radius 2 is 1.86 bits per heavy atom. The highest BCUT2D eigenvalue weighted by molar-refractivity contribution is 7.91. The summed E-state index contributed by atoms with van der Waals surface area (Å²) < 4.78 is 21.4. The van der Waals surface area contributed by atoms with Crippen LogP contribution in [-0.4, -0.2) is 41.0 Å². The number of sulfone groups is 1. The Labute approximate surface area is 149 Å². The molecule has 9 heteroatoms. The molecular formula is C13H14Cl4N2O2S. The molecule has 4 nitrogen and oxygen atoms in total. The molecule has 1 aliphatic rings. The van der Waals surface area contributed by atoms with Gasteiger partial charge in [-0.2, -0.15) is 0 Å². The monoisotopic (exact) mass is 402 g/mol. The summed E-state index contributed by atoms with van der Waals surface area (Å²) in [7, 11) is -3.18. The lowest BCUT2D eigenvalue weighted by molar-refractivity contribution is 0.600. The van der Waals surface area contributed by atoms with Gasteiger partial charge in [0, 0.05) is 0 Å². The van der Waals surface area contributed by atoms with E-state index in [0.29, 0.717) is 6.54 Å². The first kappa shape index (κ1) is 18.1. The molecule has 2 atom stereocenters. The van der Waals surface area contributed by atoms with E-state index in [-0.39, 0.29) is 17.3 Å². The third kappa shape index (κ3) is 5.17. The molecule has 0 aromatic heterocycles. The summed E-state index contributed by atoms with van der Waals surface area (Å²) in [6.45, 7) is 0.309. The first-order valence-electron chi connectivity index (χ1n) is 6.44. The molecule has 122 valence electrons. The maximum Gasteiger partial charge on any atom is 0.247 e. The molecule has 1 aromatic carbocycles. The van der Waals surface area contributed by atoms with Crippen LogP contribution in [0.2, 0.25) is 0 Å². The Morgan fingerprint density at radius 1 is 1.23 bits per heavy atom. The van der Waals surface area contributed by atoms with Gasteiger partial charge in [-0.3, -0.25) is 4.99 Å². The number of nitrogens with one attached hydrogen (secondary N) is 1. The molecule has 0 amide bonds. The van der Waals surface area contributed by atoms with E-state index in [1.807, 2.05) is 30.3 Å². The van der Waals surface area contributed by atoms with Crippen molar-refractivity contribution in [3.63, 3.8) is 0 Å². The van der Waals surface area contributed by atoms with E-state index in [4.69, 9.17) is 46.4 Å². The van der Waals surface area contributed by atoms with E-state index < -0.39 is 25.0 Å². The van der Waals surface area contributed by atoms with Crippen LogP contribution in [0.15, 0.2) is 35.3 Å². The molecule has 0 aliphatic carbocycles. The summed E-state index contributed by atoms with van der Waals surface area (Å²) in [5.41, 5.74) is 0.942. The van der Waals surface area contributed by atoms with Crippen molar-refractivity contribution in [3.8, 4) is 0 Å². The van der Waals surface area contributed by atoms with Crippen LogP contribution in [0, 0.1) is 0 Å². The molecule has 1 aliphatic heterocycles. The third-order valence-electron chi connectivity index (χ3n) is 3.14. The van der Waals surface area contributed by atoms with Gasteiger partial charge in [-0.1, -0.05) is 65.1 Å². The average Bonchev–Trinajstić information content (AvgIpc) is 2.67. The van der Waals surface area contributed by atoms with E-state index in [9.17, 15) is 8.42 Å². The van der Waals surface area contributed by atoms with Crippen molar-refractivity contribution in [3.05, 3.63) is 35.9 Å². The zero-order valence-corrected chi connectivity index (χ0v) is 15.2. The zero-order valence-electron chi connectivity index (χ0n) is 11.3. The summed E-state index contributed by atoms with van der Waals surface area (Å²) in [6.07, 6.45) is 0. The van der Waals surface area contributed by atoms with E-state index in [1.54, 1.807) is 0 Å². The second-order valence-electron chi connectivity index (χ2n) is 4.99. The highest BCUT2D eigenvalue weighted by Gasteiger charge is 2.39. The largest absolute Gasteiger partial charge is 0.365 e. The van der Waals surface area contributed by atoms with Crippen LogP contribution < -0.4 is 5.32 Å². The summed E-state index contributed by atoms with van der Waals surface area (Å²) in [4.78, 5) is 4.27. The van der Waals surface area contributed by atoms with Gasteiger partial charge in [0.15, 0.2) is 9.84 Å². The Hall–Kier alpha value is -0.200. The SMILES string of the molecule is O=S1(=O)C[C@H](Cl)[C@H](NC(=NCc2ccccc2)C(Cl)(Cl)Cl)C1. The van der Waals surface area contributed by atoms with Gasteiger partial charge in [0.2, 0.25) is 3.79 Å². The minimum absolute atomic E-state index is 0.0918. The number of nitrogens with zero attached hydrogens (tertiary/aromatic N) is 1. The standard InChI is InChI=1S/C13H14Cl4N2O2S/c14-10-7-22(20,21)8-11(10)19-12(13(15,16)17)18-6-9-4-2-1-3-5-9/h1-5,10-11H,6-8H2,(H,18,19)/t10-,11+/m0/s1. The van der Waals surface area contributed by atoms with E-state index >= 15 is 0 Å². The zero-order chi connectivity index (χ0) is 16.4. The predicted molar refractivity (Wildman–Crippen MR) is 93.1 cm³/mol. The molecule has 1 aromatic rings. The van der Waals surface area contributed by atoms with Gasteiger partial charge >= 0.3 is 0 Å². The number of benzene rings is 1. The lowest BCUT2D eigenvalue weighted by Gasteiger charge is -2.22. The van der Waals surface area contributed by atoms with Gasteiger partial charge in [-0.25, -0.2) is 8.42 Å². The molecule has 1 fully saturated rings. The third-order valence-corrected chi connectivity index (χ3v) is 6.05. The van der Waals surface area contributed by atoms with Gasteiger partial charge in [-0.15, -0.1) is 11.6 Å². The van der Waals surface area contributed by atoms with Crippen LogP contribution in [0.3, 0.4) is 0 Å². The molecule has 1 saturated heterocycles. The quantitative estimate of drug-likeness (QED) is 0.479. The van der Waals surface area contributed by atoms with Crippen LogP contribution in [0.4, 0.5) is 0 Å². The van der Waals surface area contributed by atoms with E-state index in [0.717, 1.165) is 5.56 Å². The summed E-state index contributed by atoms with van der Waals surface area (Å²) in [6, 6.07) is 8.91. The molecule has 0 spiro atoms. The maximum atomic E-state index is 11.6. The molecule has 2 rings (SSSR count). The van der Waals surface area contributed by atoms with Gasteiger partial charge < -0.3 is 5.32 Å². The topological polar surface area (TPSA) is 58.5 Å². The van der Waals surface area contributed by atoms with E-state index in [2.05, 4.69) is 10.3 Å². The van der Waals surface area contributed by atoms with Crippen molar-refractivity contribution in [2.24, 2.45) is 4.99 Å². The minimum atomic E-state index is -3.18. The van der Waals surface area contributed by atoms with Crippen LogP contribution in [0.25, 0.3) is 0 Å². The second kappa shape index (κ2) is 7.14. The lowest BCUT2D eigenvalue weighted by Crippen LogP contribution is -2.46. The molecule has 0 radical (unpaired) electrons. The average molecular weight is 404 g/mol. The number of hydrogen-bond donors (Lipinski definition) is 1. The highest BCUT2D eigenvalue weighted by Crippen LogP contribution is 2.29. The molecule has 1 N–H and O–H groups in total. The Morgan fingerprint density at radius 3 is 2.36 bits per heavy atom. The number of amidine groups is 1. The maximum absolute atomic E-state index is 11.6. The number of aliphatic imine (C=N–C) groups is 1. The molecule has 0 bridgehead atoms. The van der Waals surface area contributed by atoms with Crippen molar-refractivity contribution < 1.29 is 8.42 Å². The smallest absolute Gasteiger partial charge is 0.247 e. The number of rotatable bonds is 3. The number of alkyl halides is 4. The summed E-state index contributed by atoms with van der Waals surface area (Å²) in [5, 5.41) is 2.29. The number of halogens is 4. The van der Waals surface area contributed by atoms with Gasteiger partial charge in [0.1, 0.15) is 5.84 Å². The van der Waals surface area contributed by atoms with Gasteiger partial charge in [0.25, 0.3) is 0 Å². The first-order valence-corrected chi connectivity index (χ1v) is 9.83. The fraction of sp³-hybridized carbons (Fsp3) is 0.462. The molecular weight excluding hydrogens is 390 g/mol. The highest BCUT2D eigenvalue weighted by atomic mass is 35.6. The van der Waals surface area contributed by atoms with E-state index in [1.165, 1.54) is 0 Å².